The topological polar surface area (TPSA) is 7.76 Å². The Hall–Kier alpha value is -4.82. The predicted molar refractivity (Wildman–Crippen MR) is 231 cm³/mol. The standard InChI is InChI=1S/2C26H32N/c2*1-19-9-7-8-10-24(19)25-17-23(15-16-27(25)6)22-13-11-21(12-14-22)20(2)18-26(3,4)5/h2*7-17,20H,18H2,1-6H3/q2*+1/i20D;. The Kier molecular flexibility index (Phi) is 12.3. The maximum absolute atomic E-state index is 8.79. The number of hydrogen-bond donors (Lipinski definition) is 0. The second kappa shape index (κ2) is 17.1. The second-order valence-corrected chi connectivity index (χ2v) is 17.8. The summed E-state index contributed by atoms with van der Waals surface area (Å²) < 4.78 is 13.2. The summed E-state index contributed by atoms with van der Waals surface area (Å²) in [6, 6.07) is 43.7. The van der Waals surface area contributed by atoms with Gasteiger partial charge in [0.05, 0.1) is 0 Å². The predicted octanol–water partition coefficient (Wildman–Crippen LogP) is 13.4. The molecular formula is C52H64N2+2. The molecule has 2 aromatic heterocycles. The number of rotatable bonds is 8. The van der Waals surface area contributed by atoms with Gasteiger partial charge >= 0.3 is 0 Å². The van der Waals surface area contributed by atoms with Crippen LogP contribution < -0.4 is 9.13 Å². The molecule has 0 radical (unpaired) electrons. The van der Waals surface area contributed by atoms with E-state index >= 15 is 0 Å². The van der Waals surface area contributed by atoms with E-state index < -0.39 is 5.89 Å². The maximum atomic E-state index is 8.79. The normalized spacial score (nSPS) is 13.7. The van der Waals surface area contributed by atoms with Crippen LogP contribution in [0.1, 0.15) is 104 Å². The zero-order chi connectivity index (χ0) is 40.1. The van der Waals surface area contributed by atoms with Crippen LogP contribution in [-0.4, -0.2) is 0 Å². The summed E-state index contributed by atoms with van der Waals surface area (Å²) in [5.41, 5.74) is 15.5. The third-order valence-corrected chi connectivity index (χ3v) is 10.4. The van der Waals surface area contributed by atoms with Crippen LogP contribution in [0.15, 0.2) is 134 Å². The fourth-order valence-corrected chi connectivity index (χ4v) is 7.64. The first-order chi connectivity index (χ1) is 25.8. The molecule has 0 bridgehead atoms. The van der Waals surface area contributed by atoms with E-state index in [2.05, 4.69) is 219 Å². The SMILES string of the molecule is Cc1ccccc1-c1cc(-c2ccc(C(C)CC(C)(C)C)cc2)cc[n+]1C.[2H]C(C)(CC(C)(C)C)c1ccc(-c2cc[n+](C)c(-c3ccccc3C)c2)cc1. The first-order valence-electron chi connectivity index (χ1n) is 20.1. The van der Waals surface area contributed by atoms with E-state index in [0.29, 0.717) is 11.3 Å². The van der Waals surface area contributed by atoms with Crippen molar-refractivity contribution < 1.29 is 10.5 Å². The average molecular weight is 718 g/mol. The van der Waals surface area contributed by atoms with Crippen molar-refractivity contribution in [2.75, 3.05) is 0 Å². The van der Waals surface area contributed by atoms with E-state index in [4.69, 9.17) is 1.37 Å². The van der Waals surface area contributed by atoms with Crippen LogP contribution in [0, 0.1) is 24.7 Å². The molecule has 54 heavy (non-hydrogen) atoms. The highest BCUT2D eigenvalue weighted by Gasteiger charge is 2.19. The van der Waals surface area contributed by atoms with Crippen molar-refractivity contribution in [2.45, 2.75) is 93.9 Å². The number of aromatic nitrogens is 2. The fourth-order valence-electron chi connectivity index (χ4n) is 7.64. The average Bonchev–Trinajstić information content (AvgIpc) is 3.11. The zero-order valence-corrected chi connectivity index (χ0v) is 35.1. The summed E-state index contributed by atoms with van der Waals surface area (Å²) in [4.78, 5) is 0. The van der Waals surface area contributed by atoms with Gasteiger partial charge in [-0.3, -0.25) is 0 Å². The lowest BCUT2D eigenvalue weighted by atomic mass is 9.82. The van der Waals surface area contributed by atoms with Gasteiger partial charge in [0.15, 0.2) is 12.4 Å². The summed E-state index contributed by atoms with van der Waals surface area (Å²) in [6.45, 7) is 22.2. The Morgan fingerprint density at radius 1 is 0.500 bits per heavy atom. The summed E-state index contributed by atoms with van der Waals surface area (Å²) >= 11 is 0. The van der Waals surface area contributed by atoms with Crippen molar-refractivity contribution >= 4 is 0 Å². The monoisotopic (exact) mass is 718 g/mol. The summed E-state index contributed by atoms with van der Waals surface area (Å²) in [6.07, 6.45) is 6.31. The van der Waals surface area contributed by atoms with Crippen molar-refractivity contribution in [1.82, 2.24) is 0 Å². The molecule has 6 aromatic rings. The minimum absolute atomic E-state index is 0.131. The molecule has 0 spiro atoms. The summed E-state index contributed by atoms with van der Waals surface area (Å²) in [5.74, 6) is 0.00168. The molecule has 6 rings (SSSR count). The molecule has 280 valence electrons. The van der Waals surface area contributed by atoms with Crippen LogP contribution >= 0.6 is 0 Å². The largest absolute Gasteiger partial charge is 0.213 e. The molecule has 0 aliphatic heterocycles. The van der Waals surface area contributed by atoms with E-state index in [0.717, 1.165) is 12.0 Å². The summed E-state index contributed by atoms with van der Waals surface area (Å²) in [5, 5.41) is 0. The van der Waals surface area contributed by atoms with Gasteiger partial charge in [0, 0.05) is 36.8 Å². The van der Waals surface area contributed by atoms with Gasteiger partial charge in [0.25, 0.3) is 0 Å². The van der Waals surface area contributed by atoms with Crippen molar-refractivity contribution in [3.05, 3.63) is 156 Å². The molecule has 4 aromatic carbocycles. The molecule has 0 saturated carbocycles. The third kappa shape index (κ3) is 10.7. The van der Waals surface area contributed by atoms with Gasteiger partial charge in [-0.1, -0.05) is 140 Å². The maximum Gasteiger partial charge on any atom is 0.213 e. The molecule has 2 nitrogen and oxygen atoms in total. The molecule has 0 fully saturated rings. The van der Waals surface area contributed by atoms with Crippen molar-refractivity contribution in [3.63, 3.8) is 0 Å². The van der Waals surface area contributed by atoms with Gasteiger partial charge in [0.2, 0.25) is 11.4 Å². The van der Waals surface area contributed by atoms with E-state index in [1.165, 1.54) is 67.9 Å². The lowest BCUT2D eigenvalue weighted by Gasteiger charge is -2.23. The molecule has 2 heterocycles. The Bertz CT molecular complexity index is 2200. The highest BCUT2D eigenvalue weighted by atomic mass is 14.9. The third-order valence-electron chi connectivity index (χ3n) is 10.4. The first-order valence-corrected chi connectivity index (χ1v) is 19.6. The van der Waals surface area contributed by atoms with E-state index in [9.17, 15) is 0 Å². The Balaban J connectivity index is 0.000000211. The van der Waals surface area contributed by atoms with Gasteiger partial charge in [-0.25, -0.2) is 9.13 Å². The van der Waals surface area contributed by atoms with Crippen molar-refractivity contribution in [1.29, 1.82) is 0 Å². The summed E-state index contributed by atoms with van der Waals surface area (Å²) in [7, 11) is 4.20. The van der Waals surface area contributed by atoms with Gasteiger partial charge in [-0.2, -0.15) is 0 Å². The Morgan fingerprint density at radius 2 is 0.889 bits per heavy atom. The van der Waals surface area contributed by atoms with Crippen LogP contribution in [0.5, 0.6) is 0 Å². The van der Waals surface area contributed by atoms with Crippen LogP contribution in [-0.2, 0) is 14.1 Å². The molecule has 0 aliphatic carbocycles. The quantitative estimate of drug-likeness (QED) is 0.139. The molecule has 0 amide bonds. The second-order valence-electron chi connectivity index (χ2n) is 17.8. The minimum Gasteiger partial charge on any atom is -0.201 e. The zero-order valence-electron chi connectivity index (χ0n) is 36.1. The molecule has 0 N–H and O–H groups in total. The van der Waals surface area contributed by atoms with Gasteiger partial charge in [-0.15, -0.1) is 0 Å². The lowest BCUT2D eigenvalue weighted by molar-refractivity contribution is -0.660. The van der Waals surface area contributed by atoms with Crippen LogP contribution in [0.3, 0.4) is 0 Å². The Labute approximate surface area is 329 Å². The number of hydrogen-bond acceptors (Lipinski definition) is 0. The smallest absolute Gasteiger partial charge is 0.201 e. The van der Waals surface area contributed by atoms with Crippen LogP contribution in [0.2, 0.25) is 0 Å². The molecule has 0 saturated heterocycles. The Morgan fingerprint density at radius 3 is 1.28 bits per heavy atom. The highest BCUT2D eigenvalue weighted by Crippen LogP contribution is 2.34. The number of benzene rings is 4. The van der Waals surface area contributed by atoms with E-state index in [1.54, 1.807) is 0 Å². The van der Waals surface area contributed by atoms with E-state index in [1.807, 2.05) is 6.92 Å². The molecule has 2 heteroatoms. The van der Waals surface area contributed by atoms with Crippen molar-refractivity contribution in [3.8, 4) is 44.8 Å². The molecular weight excluding hydrogens is 653 g/mol. The van der Waals surface area contributed by atoms with Crippen LogP contribution in [0.25, 0.3) is 44.8 Å². The highest BCUT2D eigenvalue weighted by molar-refractivity contribution is 5.71. The van der Waals surface area contributed by atoms with Gasteiger partial charge in [0.1, 0.15) is 14.1 Å². The minimum atomic E-state index is -0.577. The number of nitrogens with zero attached hydrogens (tertiary/aromatic N) is 2. The molecule has 2 unspecified atom stereocenters. The van der Waals surface area contributed by atoms with E-state index in [-0.39, 0.29) is 5.41 Å². The number of pyridine rings is 2. The van der Waals surface area contributed by atoms with Gasteiger partial charge < -0.3 is 0 Å². The van der Waals surface area contributed by atoms with Gasteiger partial charge in [-0.05, 0) is 106 Å². The van der Waals surface area contributed by atoms with Crippen LogP contribution in [0.4, 0.5) is 0 Å². The lowest BCUT2D eigenvalue weighted by Crippen LogP contribution is -2.30. The fraction of sp³-hybridized carbons (Fsp3) is 0.346. The first kappa shape index (κ1) is 38.9. The number of aryl methyl sites for hydroxylation is 4. The molecule has 0 aliphatic rings. The van der Waals surface area contributed by atoms with Crippen molar-refractivity contribution in [2.24, 2.45) is 24.9 Å². The molecule has 2 atom stereocenters.